The van der Waals surface area contributed by atoms with Gasteiger partial charge in [-0.15, -0.1) is 6.58 Å². The third-order valence-corrected chi connectivity index (χ3v) is 4.00. The highest BCUT2D eigenvalue weighted by molar-refractivity contribution is 6.01. The number of para-hydroxylation sites is 1. The van der Waals surface area contributed by atoms with Crippen LogP contribution in [0.15, 0.2) is 61.2 Å². The molecule has 0 saturated carbocycles. The molecule has 0 aliphatic heterocycles. The number of esters is 1. The van der Waals surface area contributed by atoms with Crippen molar-refractivity contribution in [1.29, 1.82) is 0 Å². The molecule has 0 saturated heterocycles. The molecule has 2 rings (SSSR count). The Balaban J connectivity index is 1.91. The number of hydrogen-bond acceptors (Lipinski definition) is 5. The van der Waals surface area contributed by atoms with E-state index in [1.807, 2.05) is 24.3 Å². The van der Waals surface area contributed by atoms with Gasteiger partial charge in [0.2, 0.25) is 5.91 Å². The molecule has 0 aliphatic rings. The van der Waals surface area contributed by atoms with Gasteiger partial charge in [0.1, 0.15) is 5.75 Å². The number of hydrogen-bond donors (Lipinski definition) is 2. The van der Waals surface area contributed by atoms with E-state index >= 15 is 0 Å². The fourth-order valence-corrected chi connectivity index (χ4v) is 2.48. The maximum absolute atomic E-state index is 12.3. The molecule has 0 radical (unpaired) electrons. The van der Waals surface area contributed by atoms with Gasteiger partial charge in [-0.25, -0.2) is 4.79 Å². The molecule has 0 unspecified atom stereocenters. The Bertz CT molecular complexity index is 862. The highest BCUT2D eigenvalue weighted by Gasteiger charge is 2.15. The first-order valence-electron chi connectivity index (χ1n) is 9.10. The summed E-state index contributed by atoms with van der Waals surface area (Å²) in [6.45, 7) is 3.37. The van der Waals surface area contributed by atoms with Gasteiger partial charge in [-0.05, 0) is 36.2 Å². The lowest BCUT2D eigenvalue weighted by Crippen LogP contribution is -2.29. The van der Waals surface area contributed by atoms with E-state index in [9.17, 15) is 14.4 Å². The zero-order chi connectivity index (χ0) is 21.1. The second-order valence-electron chi connectivity index (χ2n) is 6.11. The minimum absolute atomic E-state index is 0.182. The van der Waals surface area contributed by atoms with Crippen LogP contribution in [0, 0.1) is 0 Å². The monoisotopic (exact) mass is 396 g/mol. The fourth-order valence-electron chi connectivity index (χ4n) is 2.48. The van der Waals surface area contributed by atoms with Crippen molar-refractivity contribution in [2.24, 2.45) is 0 Å². The van der Waals surface area contributed by atoms with Crippen LogP contribution in [0.2, 0.25) is 0 Å². The van der Waals surface area contributed by atoms with E-state index in [-0.39, 0.29) is 24.4 Å². The Hall–Kier alpha value is -3.61. The highest BCUT2D eigenvalue weighted by atomic mass is 16.5. The van der Waals surface area contributed by atoms with Gasteiger partial charge < -0.3 is 20.1 Å². The first-order valence-corrected chi connectivity index (χ1v) is 9.10. The lowest BCUT2D eigenvalue weighted by molar-refractivity contribution is -0.124. The summed E-state index contributed by atoms with van der Waals surface area (Å²) >= 11 is 0. The maximum atomic E-state index is 12.3. The maximum Gasteiger partial charge on any atom is 0.340 e. The Morgan fingerprint density at radius 3 is 2.45 bits per heavy atom. The van der Waals surface area contributed by atoms with Gasteiger partial charge in [0.05, 0.1) is 18.4 Å². The molecule has 0 bridgehead atoms. The van der Waals surface area contributed by atoms with Crippen LogP contribution < -0.4 is 15.4 Å². The molecule has 2 aromatic rings. The quantitative estimate of drug-likeness (QED) is 0.476. The number of rotatable bonds is 10. The molecule has 0 heterocycles. The van der Waals surface area contributed by atoms with E-state index in [1.165, 1.54) is 12.1 Å². The SMILES string of the molecule is C=CCNC(=O)COC(=O)c1ccccc1NC(=O)CCc1ccc(OC)cc1. The summed E-state index contributed by atoms with van der Waals surface area (Å²) in [6, 6.07) is 14.0. The van der Waals surface area contributed by atoms with Crippen molar-refractivity contribution in [3.63, 3.8) is 0 Å². The van der Waals surface area contributed by atoms with Crippen molar-refractivity contribution in [3.8, 4) is 5.75 Å². The lowest BCUT2D eigenvalue weighted by atomic mass is 10.1. The number of carbonyl (C=O) groups excluding carboxylic acids is 3. The average molecular weight is 396 g/mol. The van der Waals surface area contributed by atoms with Gasteiger partial charge in [-0.1, -0.05) is 30.3 Å². The smallest absolute Gasteiger partial charge is 0.340 e. The summed E-state index contributed by atoms with van der Waals surface area (Å²) in [5.74, 6) is -0.599. The molecule has 0 aromatic heterocycles. The first-order chi connectivity index (χ1) is 14.0. The van der Waals surface area contributed by atoms with Crippen LogP contribution in [0.25, 0.3) is 0 Å². The molecule has 0 aliphatic carbocycles. The van der Waals surface area contributed by atoms with Crippen LogP contribution in [0.4, 0.5) is 5.69 Å². The Labute approximate surface area is 169 Å². The van der Waals surface area contributed by atoms with E-state index < -0.39 is 18.5 Å². The summed E-state index contributed by atoms with van der Waals surface area (Å²) < 4.78 is 10.1. The van der Waals surface area contributed by atoms with E-state index in [2.05, 4.69) is 17.2 Å². The summed E-state index contributed by atoms with van der Waals surface area (Å²) in [5.41, 5.74) is 1.52. The van der Waals surface area contributed by atoms with Crippen LogP contribution in [-0.4, -0.2) is 38.0 Å². The number of amides is 2. The second-order valence-corrected chi connectivity index (χ2v) is 6.11. The number of anilines is 1. The van der Waals surface area contributed by atoms with Gasteiger partial charge in [0, 0.05) is 13.0 Å². The molecule has 152 valence electrons. The van der Waals surface area contributed by atoms with E-state index in [0.717, 1.165) is 11.3 Å². The standard InChI is InChI=1S/C22H24N2O5/c1-3-14-23-21(26)15-29-22(27)18-6-4-5-7-19(18)24-20(25)13-10-16-8-11-17(28-2)12-9-16/h3-9,11-12H,1,10,13-15H2,2H3,(H,23,26)(H,24,25). The molecule has 7 nitrogen and oxygen atoms in total. The first kappa shape index (κ1) is 21.7. The van der Waals surface area contributed by atoms with Crippen LogP contribution in [0.5, 0.6) is 5.75 Å². The predicted molar refractivity (Wildman–Crippen MR) is 110 cm³/mol. The third-order valence-electron chi connectivity index (χ3n) is 4.00. The van der Waals surface area contributed by atoms with Crippen molar-refractivity contribution in [2.75, 3.05) is 25.6 Å². The number of nitrogens with one attached hydrogen (secondary N) is 2. The van der Waals surface area contributed by atoms with Crippen LogP contribution in [0.3, 0.4) is 0 Å². The Kier molecular flexibility index (Phi) is 8.44. The zero-order valence-corrected chi connectivity index (χ0v) is 16.3. The Morgan fingerprint density at radius 1 is 1.03 bits per heavy atom. The molecular formula is C22H24N2O5. The summed E-state index contributed by atoms with van der Waals surface area (Å²) in [4.78, 5) is 36.1. The molecule has 29 heavy (non-hydrogen) atoms. The van der Waals surface area contributed by atoms with Gasteiger partial charge in [0.15, 0.2) is 6.61 Å². The number of ether oxygens (including phenoxy) is 2. The van der Waals surface area contributed by atoms with E-state index in [1.54, 1.807) is 25.3 Å². The van der Waals surface area contributed by atoms with E-state index in [4.69, 9.17) is 9.47 Å². The van der Waals surface area contributed by atoms with E-state index in [0.29, 0.717) is 12.1 Å². The summed E-state index contributed by atoms with van der Waals surface area (Å²) in [6.07, 6.45) is 2.32. The van der Waals surface area contributed by atoms with Gasteiger partial charge >= 0.3 is 5.97 Å². The minimum atomic E-state index is -0.690. The van der Waals surface area contributed by atoms with Gasteiger partial charge in [-0.3, -0.25) is 9.59 Å². The topological polar surface area (TPSA) is 93.7 Å². The third kappa shape index (κ3) is 7.14. The molecule has 0 atom stereocenters. The highest BCUT2D eigenvalue weighted by Crippen LogP contribution is 2.17. The largest absolute Gasteiger partial charge is 0.497 e. The Morgan fingerprint density at radius 2 is 1.76 bits per heavy atom. The molecule has 2 aromatic carbocycles. The number of aryl methyl sites for hydroxylation is 1. The zero-order valence-electron chi connectivity index (χ0n) is 16.3. The molecule has 7 heteroatoms. The summed E-state index contributed by atoms with van der Waals surface area (Å²) in [7, 11) is 1.60. The lowest BCUT2D eigenvalue weighted by Gasteiger charge is -2.11. The molecular weight excluding hydrogens is 372 g/mol. The second kappa shape index (κ2) is 11.3. The predicted octanol–water partition coefficient (Wildman–Crippen LogP) is 2.73. The molecule has 2 amide bonds. The molecule has 2 N–H and O–H groups in total. The fraction of sp³-hybridized carbons (Fsp3) is 0.227. The van der Waals surface area contributed by atoms with Gasteiger partial charge in [-0.2, -0.15) is 0 Å². The minimum Gasteiger partial charge on any atom is -0.497 e. The van der Waals surface area contributed by atoms with Gasteiger partial charge in [0.25, 0.3) is 5.91 Å². The van der Waals surface area contributed by atoms with Crippen molar-refractivity contribution in [2.45, 2.75) is 12.8 Å². The van der Waals surface area contributed by atoms with Crippen molar-refractivity contribution < 1.29 is 23.9 Å². The normalized spacial score (nSPS) is 9.97. The summed E-state index contributed by atoms with van der Waals surface area (Å²) in [5, 5.41) is 5.24. The number of methoxy groups -OCH3 is 1. The number of benzene rings is 2. The number of carbonyl (C=O) groups is 3. The van der Waals surface area contributed by atoms with Crippen LogP contribution >= 0.6 is 0 Å². The average Bonchev–Trinajstić information content (AvgIpc) is 2.75. The molecule has 0 fully saturated rings. The van der Waals surface area contributed by atoms with Crippen molar-refractivity contribution >= 4 is 23.5 Å². The van der Waals surface area contributed by atoms with Crippen LogP contribution in [0.1, 0.15) is 22.3 Å². The van der Waals surface area contributed by atoms with Crippen molar-refractivity contribution in [1.82, 2.24) is 5.32 Å². The van der Waals surface area contributed by atoms with Crippen LogP contribution in [-0.2, 0) is 20.7 Å². The molecule has 0 spiro atoms. The van der Waals surface area contributed by atoms with Crippen molar-refractivity contribution in [3.05, 3.63) is 72.3 Å².